The van der Waals surface area contributed by atoms with Gasteiger partial charge in [-0.1, -0.05) is 54.4 Å². The molecule has 142 valence electrons. The summed E-state index contributed by atoms with van der Waals surface area (Å²) in [6, 6.07) is 11.5. The lowest BCUT2D eigenvalue weighted by molar-refractivity contribution is -0.145. The van der Waals surface area contributed by atoms with Crippen LogP contribution in [0.15, 0.2) is 42.5 Å². The van der Waals surface area contributed by atoms with Gasteiger partial charge in [0.15, 0.2) is 6.10 Å². The summed E-state index contributed by atoms with van der Waals surface area (Å²) in [5.41, 5.74) is 1.84. The van der Waals surface area contributed by atoms with E-state index in [0.29, 0.717) is 10.6 Å². The van der Waals surface area contributed by atoms with E-state index in [-0.39, 0.29) is 22.9 Å². The van der Waals surface area contributed by atoms with Crippen LogP contribution in [0.4, 0.5) is 0 Å². The Morgan fingerprint density at radius 1 is 1.00 bits per heavy atom. The maximum atomic E-state index is 12.3. The number of rotatable bonds is 7. The van der Waals surface area contributed by atoms with Gasteiger partial charge in [-0.05, 0) is 37.1 Å². The third-order valence-electron chi connectivity index (χ3n) is 3.90. The zero-order valence-corrected chi connectivity index (χ0v) is 16.4. The van der Waals surface area contributed by atoms with Gasteiger partial charge in [0.25, 0.3) is 5.91 Å². The molecule has 0 saturated carbocycles. The number of benzene rings is 2. The summed E-state index contributed by atoms with van der Waals surface area (Å²) in [5, 5.41) is 2.98. The average Bonchev–Trinajstić information content (AvgIpc) is 2.67. The van der Waals surface area contributed by atoms with Crippen molar-refractivity contribution in [1.29, 1.82) is 0 Å². The Kier molecular flexibility index (Phi) is 7.39. The minimum absolute atomic E-state index is 0.236. The third kappa shape index (κ3) is 5.81. The Morgan fingerprint density at radius 3 is 2.22 bits per heavy atom. The van der Waals surface area contributed by atoms with E-state index in [2.05, 4.69) is 5.32 Å². The molecule has 0 heterocycles. The van der Waals surface area contributed by atoms with Gasteiger partial charge in [-0.2, -0.15) is 0 Å². The van der Waals surface area contributed by atoms with Gasteiger partial charge in [-0.25, -0.2) is 0 Å². The molecule has 0 fully saturated rings. The van der Waals surface area contributed by atoms with Crippen molar-refractivity contribution >= 4 is 40.9 Å². The first kappa shape index (κ1) is 20.9. The minimum atomic E-state index is -0.952. The zero-order valence-electron chi connectivity index (χ0n) is 14.9. The van der Waals surface area contributed by atoms with Crippen molar-refractivity contribution in [3.05, 3.63) is 69.2 Å². The summed E-state index contributed by atoms with van der Waals surface area (Å²) in [5.74, 6) is -1.52. The highest BCUT2D eigenvalue weighted by Crippen LogP contribution is 2.22. The molecule has 0 aliphatic carbocycles. The van der Waals surface area contributed by atoms with Crippen LogP contribution in [-0.2, 0) is 16.0 Å². The van der Waals surface area contributed by atoms with E-state index in [0.717, 1.165) is 12.0 Å². The second-order valence-electron chi connectivity index (χ2n) is 5.86. The highest BCUT2D eigenvalue weighted by atomic mass is 35.5. The Morgan fingerprint density at radius 2 is 1.63 bits per heavy atom. The summed E-state index contributed by atoms with van der Waals surface area (Å²) >= 11 is 11.7. The number of esters is 1. The van der Waals surface area contributed by atoms with Crippen LogP contribution in [0, 0.1) is 0 Å². The molecule has 2 rings (SSSR count). The maximum Gasteiger partial charge on any atom is 0.326 e. The first-order valence-corrected chi connectivity index (χ1v) is 9.13. The van der Waals surface area contributed by atoms with E-state index in [1.54, 1.807) is 12.1 Å². The lowest BCUT2D eigenvalue weighted by Crippen LogP contribution is -2.34. The number of amides is 1. The molecule has 1 N–H and O–H groups in total. The first-order chi connectivity index (χ1) is 12.8. The fourth-order valence-electron chi connectivity index (χ4n) is 2.32. The molecule has 1 atom stereocenters. The van der Waals surface area contributed by atoms with Crippen molar-refractivity contribution in [3.8, 4) is 0 Å². The van der Waals surface area contributed by atoms with Crippen LogP contribution in [0.2, 0.25) is 10.0 Å². The normalized spacial score (nSPS) is 11.6. The van der Waals surface area contributed by atoms with Crippen LogP contribution in [0.3, 0.4) is 0 Å². The molecule has 5 nitrogen and oxygen atoms in total. The van der Waals surface area contributed by atoms with Crippen molar-refractivity contribution in [2.75, 3.05) is 6.54 Å². The third-order valence-corrected chi connectivity index (χ3v) is 4.64. The molecule has 0 aliphatic rings. The molecular formula is C20H19Cl2NO4. The largest absolute Gasteiger partial charge is 0.453 e. The molecular weight excluding hydrogens is 389 g/mol. The topological polar surface area (TPSA) is 72.5 Å². The molecule has 27 heavy (non-hydrogen) atoms. The fourth-order valence-corrected chi connectivity index (χ4v) is 2.62. The van der Waals surface area contributed by atoms with Crippen LogP contribution in [0.25, 0.3) is 0 Å². The molecule has 0 bridgehead atoms. The quantitative estimate of drug-likeness (QED) is 0.553. The molecule has 2 aromatic carbocycles. The number of halogens is 2. The predicted molar refractivity (Wildman–Crippen MR) is 104 cm³/mol. The SMILES string of the molecule is CCc1ccc(C(=O)C(C)OC(=O)CNC(=O)c2ccc(Cl)c(Cl)c2)cc1. The van der Waals surface area contributed by atoms with E-state index >= 15 is 0 Å². The Hall–Kier alpha value is -2.37. The molecule has 7 heteroatoms. The van der Waals surface area contributed by atoms with Crippen LogP contribution in [0.1, 0.15) is 40.1 Å². The van der Waals surface area contributed by atoms with Gasteiger partial charge in [0.2, 0.25) is 5.78 Å². The summed E-state index contributed by atoms with van der Waals surface area (Å²) in [6.45, 7) is 3.15. The minimum Gasteiger partial charge on any atom is -0.453 e. The number of nitrogens with one attached hydrogen (secondary N) is 1. The first-order valence-electron chi connectivity index (χ1n) is 8.37. The highest BCUT2D eigenvalue weighted by Gasteiger charge is 2.20. The van der Waals surface area contributed by atoms with Crippen LogP contribution in [-0.4, -0.2) is 30.3 Å². The summed E-state index contributed by atoms with van der Waals surface area (Å²) in [4.78, 5) is 36.3. The van der Waals surface area contributed by atoms with Crippen LogP contribution < -0.4 is 5.32 Å². The van der Waals surface area contributed by atoms with Gasteiger partial charge in [0.05, 0.1) is 10.0 Å². The van der Waals surface area contributed by atoms with Crippen molar-refractivity contribution in [2.45, 2.75) is 26.4 Å². The molecule has 1 unspecified atom stereocenters. The number of ketones is 1. The van der Waals surface area contributed by atoms with Gasteiger partial charge in [0, 0.05) is 11.1 Å². The molecule has 0 spiro atoms. The number of aryl methyl sites for hydroxylation is 1. The monoisotopic (exact) mass is 407 g/mol. The number of Topliss-reactive ketones (excluding diaryl/α,β-unsaturated/α-hetero) is 1. The van der Waals surface area contributed by atoms with E-state index in [4.69, 9.17) is 27.9 Å². The van der Waals surface area contributed by atoms with Crippen molar-refractivity contribution < 1.29 is 19.1 Å². The van der Waals surface area contributed by atoms with Crippen molar-refractivity contribution in [1.82, 2.24) is 5.32 Å². The zero-order chi connectivity index (χ0) is 20.0. The Bertz CT molecular complexity index is 850. The standard InChI is InChI=1S/C20H19Cl2NO4/c1-3-13-4-6-14(7-5-13)19(25)12(2)27-18(24)11-23-20(26)15-8-9-16(21)17(22)10-15/h4-10,12H,3,11H2,1-2H3,(H,23,26). The van der Waals surface area contributed by atoms with E-state index in [1.807, 2.05) is 19.1 Å². The predicted octanol–water partition coefficient (Wildman–Crippen LogP) is 4.10. The fraction of sp³-hybridized carbons (Fsp3) is 0.250. The van der Waals surface area contributed by atoms with Gasteiger partial charge in [0.1, 0.15) is 6.54 Å². The second-order valence-corrected chi connectivity index (χ2v) is 6.67. The van der Waals surface area contributed by atoms with Gasteiger partial charge < -0.3 is 10.1 Å². The van der Waals surface area contributed by atoms with Crippen LogP contribution in [0.5, 0.6) is 0 Å². The van der Waals surface area contributed by atoms with E-state index in [9.17, 15) is 14.4 Å². The number of ether oxygens (including phenoxy) is 1. The van der Waals surface area contributed by atoms with Crippen LogP contribution >= 0.6 is 23.2 Å². The molecule has 0 saturated heterocycles. The lowest BCUT2D eigenvalue weighted by Gasteiger charge is -2.13. The smallest absolute Gasteiger partial charge is 0.326 e. The molecule has 0 aliphatic heterocycles. The maximum absolute atomic E-state index is 12.3. The molecule has 2 aromatic rings. The molecule has 0 radical (unpaired) electrons. The van der Waals surface area contributed by atoms with Gasteiger partial charge in [-0.15, -0.1) is 0 Å². The van der Waals surface area contributed by atoms with Crippen molar-refractivity contribution in [3.63, 3.8) is 0 Å². The Balaban J connectivity index is 1.87. The van der Waals surface area contributed by atoms with Crippen molar-refractivity contribution in [2.24, 2.45) is 0 Å². The average molecular weight is 408 g/mol. The summed E-state index contributed by atoms with van der Waals surface area (Å²) in [6.07, 6.45) is -0.0794. The number of carbonyl (C=O) groups excluding carboxylic acids is 3. The van der Waals surface area contributed by atoms with E-state index < -0.39 is 18.0 Å². The lowest BCUT2D eigenvalue weighted by atomic mass is 10.0. The molecule has 0 aromatic heterocycles. The number of hydrogen-bond donors (Lipinski definition) is 1. The number of carbonyl (C=O) groups is 3. The summed E-state index contributed by atoms with van der Waals surface area (Å²) < 4.78 is 5.10. The number of hydrogen-bond acceptors (Lipinski definition) is 4. The van der Waals surface area contributed by atoms with Gasteiger partial charge in [-0.3, -0.25) is 14.4 Å². The Labute approximate surface area is 167 Å². The summed E-state index contributed by atoms with van der Waals surface area (Å²) in [7, 11) is 0. The van der Waals surface area contributed by atoms with E-state index in [1.165, 1.54) is 25.1 Å². The highest BCUT2D eigenvalue weighted by molar-refractivity contribution is 6.42. The molecule has 1 amide bonds. The van der Waals surface area contributed by atoms with Gasteiger partial charge >= 0.3 is 5.97 Å². The second kappa shape index (κ2) is 9.53.